The van der Waals surface area contributed by atoms with Gasteiger partial charge < -0.3 is 5.01 Å². The van der Waals surface area contributed by atoms with Crippen molar-refractivity contribution >= 4 is 15.9 Å². The van der Waals surface area contributed by atoms with Gasteiger partial charge in [-0.05, 0) is 6.42 Å². The van der Waals surface area contributed by atoms with Crippen LogP contribution in [0.3, 0.4) is 0 Å². The normalized spacial score (nSPS) is 16.8. The summed E-state index contributed by atoms with van der Waals surface area (Å²) in [7, 11) is 0. The maximum atomic E-state index is 3.46. The topological polar surface area (TPSA) is 15.3 Å². The van der Waals surface area contributed by atoms with Crippen LogP contribution in [0.1, 0.15) is 32.6 Å². The molecule has 1 aliphatic rings. The summed E-state index contributed by atoms with van der Waals surface area (Å²) in [6.07, 6.45) is 7.44. The Bertz CT molecular complexity index is 157. The lowest BCUT2D eigenvalue weighted by Crippen LogP contribution is -2.29. The monoisotopic (exact) mass is 232 g/mol. The maximum absolute atomic E-state index is 3.46. The molecular formula is C9H17BrN2. The second-order valence-electron chi connectivity index (χ2n) is 3.16. The molecule has 0 bridgehead atoms. The fourth-order valence-electron chi connectivity index (χ4n) is 1.29. The number of unbranched alkanes of at least 4 members (excludes halogenated alkanes) is 3. The van der Waals surface area contributed by atoms with Crippen LogP contribution in [0.25, 0.3) is 0 Å². The van der Waals surface area contributed by atoms with Gasteiger partial charge in [0, 0.05) is 23.8 Å². The first-order valence-corrected chi connectivity index (χ1v) is 5.48. The highest BCUT2D eigenvalue weighted by Gasteiger charge is 2.07. The number of rotatable bonds is 5. The molecule has 0 spiro atoms. The average molecular weight is 233 g/mol. The minimum atomic E-state index is 0.952. The highest BCUT2D eigenvalue weighted by molar-refractivity contribution is 9.11. The van der Waals surface area contributed by atoms with E-state index in [1.807, 2.05) is 0 Å². The highest BCUT2D eigenvalue weighted by Crippen LogP contribution is 2.11. The summed E-state index contributed by atoms with van der Waals surface area (Å²) in [5.41, 5.74) is 3.28. The van der Waals surface area contributed by atoms with Crippen LogP contribution in [-0.4, -0.2) is 18.1 Å². The molecule has 3 heteroatoms. The third kappa shape index (κ3) is 3.59. The minimum Gasteiger partial charge on any atom is -0.314 e. The molecule has 70 valence electrons. The SMILES string of the molecule is CCCCCCN1C=C(Br)CN1. The Morgan fingerprint density at radius 3 is 2.92 bits per heavy atom. The molecule has 0 saturated heterocycles. The van der Waals surface area contributed by atoms with Gasteiger partial charge in [0.1, 0.15) is 0 Å². The molecule has 0 aromatic heterocycles. The van der Waals surface area contributed by atoms with Gasteiger partial charge in [-0.3, -0.25) is 0 Å². The van der Waals surface area contributed by atoms with Crippen LogP contribution in [0, 0.1) is 0 Å². The number of hydrogen-bond acceptors (Lipinski definition) is 2. The molecule has 0 fully saturated rings. The second kappa shape index (κ2) is 5.60. The zero-order valence-electron chi connectivity index (χ0n) is 7.65. The minimum absolute atomic E-state index is 0.952. The molecule has 0 aromatic rings. The lowest BCUT2D eigenvalue weighted by atomic mass is 10.2. The summed E-state index contributed by atoms with van der Waals surface area (Å²) in [5, 5.41) is 2.17. The molecule has 1 N–H and O–H groups in total. The molecule has 0 amide bonds. The molecule has 0 aromatic carbocycles. The van der Waals surface area contributed by atoms with Crippen LogP contribution in [0.5, 0.6) is 0 Å². The number of nitrogens with one attached hydrogen (secondary N) is 1. The molecule has 12 heavy (non-hydrogen) atoms. The van der Waals surface area contributed by atoms with Crippen LogP contribution in [-0.2, 0) is 0 Å². The summed E-state index contributed by atoms with van der Waals surface area (Å²) in [4.78, 5) is 0. The number of hydrazine groups is 1. The zero-order chi connectivity index (χ0) is 8.81. The van der Waals surface area contributed by atoms with Crippen molar-refractivity contribution in [3.8, 4) is 0 Å². The molecule has 1 rings (SSSR count). The van der Waals surface area contributed by atoms with E-state index < -0.39 is 0 Å². The second-order valence-corrected chi connectivity index (χ2v) is 4.18. The fraction of sp³-hybridized carbons (Fsp3) is 0.778. The molecule has 1 aliphatic heterocycles. The molecule has 0 unspecified atom stereocenters. The van der Waals surface area contributed by atoms with Gasteiger partial charge in [0.2, 0.25) is 0 Å². The number of halogens is 1. The van der Waals surface area contributed by atoms with Crippen molar-refractivity contribution in [1.82, 2.24) is 10.4 Å². The summed E-state index contributed by atoms with van der Waals surface area (Å²) in [6.45, 7) is 4.33. The van der Waals surface area contributed by atoms with Crippen LogP contribution in [0.2, 0.25) is 0 Å². The smallest absolute Gasteiger partial charge is 0.0482 e. The van der Waals surface area contributed by atoms with Crippen molar-refractivity contribution in [2.75, 3.05) is 13.1 Å². The molecule has 2 nitrogen and oxygen atoms in total. The first-order chi connectivity index (χ1) is 5.83. The first kappa shape index (κ1) is 10.1. The lowest BCUT2D eigenvalue weighted by Gasteiger charge is -2.14. The Labute approximate surface area is 83.1 Å². The van der Waals surface area contributed by atoms with E-state index in [1.54, 1.807) is 0 Å². The summed E-state index contributed by atoms with van der Waals surface area (Å²) in [5.74, 6) is 0. The third-order valence-corrected chi connectivity index (χ3v) is 2.48. The van der Waals surface area contributed by atoms with E-state index in [1.165, 1.54) is 30.2 Å². The van der Waals surface area contributed by atoms with Crippen molar-refractivity contribution in [1.29, 1.82) is 0 Å². The predicted molar refractivity (Wildman–Crippen MR) is 55.9 cm³/mol. The Morgan fingerprint density at radius 1 is 1.50 bits per heavy atom. The van der Waals surface area contributed by atoms with Crippen molar-refractivity contribution in [2.45, 2.75) is 32.6 Å². The van der Waals surface area contributed by atoms with Gasteiger partial charge in [-0.2, -0.15) is 0 Å². The zero-order valence-corrected chi connectivity index (χ0v) is 9.23. The summed E-state index contributed by atoms with van der Waals surface area (Å²) in [6, 6.07) is 0. The van der Waals surface area contributed by atoms with Gasteiger partial charge in [-0.1, -0.05) is 42.1 Å². The van der Waals surface area contributed by atoms with Crippen molar-refractivity contribution in [2.24, 2.45) is 0 Å². The molecule has 0 aliphatic carbocycles. The van der Waals surface area contributed by atoms with Gasteiger partial charge >= 0.3 is 0 Å². The average Bonchev–Trinajstić information content (AvgIpc) is 2.45. The summed E-state index contributed by atoms with van der Waals surface area (Å²) < 4.78 is 1.25. The maximum Gasteiger partial charge on any atom is 0.0482 e. The molecule has 1 heterocycles. The largest absolute Gasteiger partial charge is 0.314 e. The van der Waals surface area contributed by atoms with E-state index in [4.69, 9.17) is 0 Å². The van der Waals surface area contributed by atoms with Crippen LogP contribution in [0.4, 0.5) is 0 Å². The number of nitrogens with zero attached hydrogens (tertiary/aromatic N) is 1. The first-order valence-electron chi connectivity index (χ1n) is 4.69. The van der Waals surface area contributed by atoms with E-state index in [0.29, 0.717) is 0 Å². The van der Waals surface area contributed by atoms with E-state index in [-0.39, 0.29) is 0 Å². The fourth-order valence-corrected chi connectivity index (χ4v) is 1.66. The van der Waals surface area contributed by atoms with E-state index in [0.717, 1.165) is 13.1 Å². The molecule has 0 radical (unpaired) electrons. The Hall–Kier alpha value is -0.0200. The Balaban J connectivity index is 2.01. The van der Waals surface area contributed by atoms with Crippen molar-refractivity contribution in [3.63, 3.8) is 0 Å². The van der Waals surface area contributed by atoms with Gasteiger partial charge in [-0.25, -0.2) is 5.43 Å². The quantitative estimate of drug-likeness (QED) is 0.734. The van der Waals surface area contributed by atoms with E-state index in [9.17, 15) is 0 Å². The van der Waals surface area contributed by atoms with Gasteiger partial charge in [0.25, 0.3) is 0 Å². The highest BCUT2D eigenvalue weighted by atomic mass is 79.9. The lowest BCUT2D eigenvalue weighted by molar-refractivity contribution is 0.298. The van der Waals surface area contributed by atoms with Crippen LogP contribution >= 0.6 is 15.9 Å². The van der Waals surface area contributed by atoms with Crippen molar-refractivity contribution < 1.29 is 0 Å². The van der Waals surface area contributed by atoms with Gasteiger partial charge in [-0.15, -0.1) is 0 Å². The van der Waals surface area contributed by atoms with Crippen LogP contribution in [0.15, 0.2) is 10.7 Å². The summed E-state index contributed by atoms with van der Waals surface area (Å²) >= 11 is 3.46. The van der Waals surface area contributed by atoms with E-state index in [2.05, 4.69) is 39.5 Å². The Morgan fingerprint density at radius 2 is 2.33 bits per heavy atom. The number of hydrogen-bond donors (Lipinski definition) is 1. The predicted octanol–water partition coefficient (Wildman–Crippen LogP) is 2.62. The third-order valence-electron chi connectivity index (χ3n) is 2.00. The Kier molecular flexibility index (Phi) is 4.69. The van der Waals surface area contributed by atoms with Crippen molar-refractivity contribution in [3.05, 3.63) is 10.7 Å². The standard InChI is InChI=1S/C9H17BrN2/c1-2-3-4-5-6-12-8-9(10)7-11-12/h8,11H,2-7H2,1H3. The van der Waals surface area contributed by atoms with Crippen LogP contribution < -0.4 is 5.43 Å². The van der Waals surface area contributed by atoms with E-state index >= 15 is 0 Å². The van der Waals surface area contributed by atoms with Gasteiger partial charge in [0.05, 0.1) is 0 Å². The molecular weight excluding hydrogens is 216 g/mol. The molecule has 0 atom stereocenters. The molecule has 0 saturated carbocycles. The van der Waals surface area contributed by atoms with Gasteiger partial charge in [0.15, 0.2) is 0 Å².